The maximum atomic E-state index is 13.7. The fourth-order valence-corrected chi connectivity index (χ4v) is 6.32. The van der Waals surface area contributed by atoms with Crippen molar-refractivity contribution in [3.05, 3.63) is 78.6 Å². The standard InChI is InChI=1S/C36H47N5O3/c1-4-5-6-7-15-35(42)40-18-16-28(17-19-40)23-41-27-37-22-30(41)24-39-25-33(34(26-39)36(43)38(2)20-21-44-3)32-14-10-12-29-11-8-9-13-31(29)32/h8-14,22,25-28H,4-7,15-21,23-24H2,1-3H3. The summed E-state index contributed by atoms with van der Waals surface area (Å²) in [7, 11) is 3.48. The lowest BCUT2D eigenvalue weighted by atomic mass is 9.96. The first-order valence-electron chi connectivity index (χ1n) is 16.2. The molecule has 1 aliphatic rings. The van der Waals surface area contributed by atoms with Crippen LogP contribution in [0.4, 0.5) is 0 Å². The Morgan fingerprint density at radius 3 is 2.59 bits per heavy atom. The largest absolute Gasteiger partial charge is 0.383 e. The molecule has 2 amide bonds. The van der Waals surface area contributed by atoms with Crippen molar-refractivity contribution in [1.82, 2.24) is 23.9 Å². The molecule has 8 heteroatoms. The number of aromatic nitrogens is 3. The molecule has 234 valence electrons. The van der Waals surface area contributed by atoms with Crippen LogP contribution in [-0.2, 0) is 22.6 Å². The zero-order chi connectivity index (χ0) is 30.9. The van der Waals surface area contributed by atoms with Crippen LogP contribution in [0.2, 0.25) is 0 Å². The molecule has 8 nitrogen and oxygen atoms in total. The Kier molecular flexibility index (Phi) is 10.9. The van der Waals surface area contributed by atoms with Crippen LogP contribution in [0.5, 0.6) is 0 Å². The number of likely N-dealkylation sites (N-methyl/N-ethyl adjacent to an activating group) is 1. The Morgan fingerprint density at radius 1 is 1.00 bits per heavy atom. The number of carbonyl (C=O) groups excluding carboxylic acids is 2. The SMILES string of the molecule is CCCCCCC(=O)N1CCC(Cn2cncc2Cn2cc(C(=O)N(C)CCOC)c(-c3cccc4ccccc34)c2)CC1. The molecule has 0 bridgehead atoms. The van der Waals surface area contributed by atoms with Crippen molar-refractivity contribution in [3.63, 3.8) is 0 Å². The Labute approximate surface area is 261 Å². The van der Waals surface area contributed by atoms with E-state index in [1.54, 1.807) is 12.0 Å². The fraction of sp³-hybridized carbons (Fsp3) is 0.472. The summed E-state index contributed by atoms with van der Waals surface area (Å²) in [5, 5.41) is 2.27. The van der Waals surface area contributed by atoms with E-state index in [1.165, 1.54) is 12.8 Å². The van der Waals surface area contributed by atoms with E-state index in [2.05, 4.69) is 62.5 Å². The normalized spacial score (nSPS) is 13.9. The Morgan fingerprint density at radius 2 is 1.80 bits per heavy atom. The minimum atomic E-state index is -0.0242. The summed E-state index contributed by atoms with van der Waals surface area (Å²) < 4.78 is 9.59. The average molecular weight is 598 g/mol. The zero-order valence-corrected chi connectivity index (χ0v) is 26.6. The van der Waals surface area contributed by atoms with Gasteiger partial charge in [-0.05, 0) is 41.5 Å². The van der Waals surface area contributed by atoms with Crippen LogP contribution in [0.3, 0.4) is 0 Å². The number of hydrogen-bond donors (Lipinski definition) is 0. The van der Waals surface area contributed by atoms with E-state index in [1.807, 2.05) is 37.9 Å². The van der Waals surface area contributed by atoms with Crippen molar-refractivity contribution < 1.29 is 14.3 Å². The van der Waals surface area contributed by atoms with E-state index >= 15 is 0 Å². The maximum absolute atomic E-state index is 13.7. The van der Waals surface area contributed by atoms with Crippen molar-refractivity contribution in [1.29, 1.82) is 0 Å². The molecule has 5 rings (SSSR count). The van der Waals surface area contributed by atoms with Crippen LogP contribution < -0.4 is 0 Å². The van der Waals surface area contributed by atoms with Crippen LogP contribution in [0.25, 0.3) is 21.9 Å². The number of hydrogen-bond acceptors (Lipinski definition) is 4. The minimum absolute atomic E-state index is 0.0242. The predicted molar refractivity (Wildman–Crippen MR) is 176 cm³/mol. The molecule has 2 aromatic heterocycles. The summed E-state index contributed by atoms with van der Waals surface area (Å²) >= 11 is 0. The molecule has 1 aliphatic heterocycles. The van der Waals surface area contributed by atoms with Crippen LogP contribution in [0, 0.1) is 5.92 Å². The Balaban J connectivity index is 1.31. The lowest BCUT2D eigenvalue weighted by Gasteiger charge is -2.32. The number of methoxy groups -OCH3 is 1. The van der Waals surface area contributed by atoms with Gasteiger partial charge in [-0.2, -0.15) is 0 Å². The summed E-state index contributed by atoms with van der Waals surface area (Å²) in [6, 6.07) is 14.6. The molecule has 44 heavy (non-hydrogen) atoms. The van der Waals surface area contributed by atoms with E-state index in [4.69, 9.17) is 4.74 Å². The quantitative estimate of drug-likeness (QED) is 0.156. The molecule has 0 aliphatic carbocycles. The number of ether oxygens (including phenoxy) is 1. The molecular weight excluding hydrogens is 550 g/mol. The summed E-state index contributed by atoms with van der Waals surface area (Å²) in [5.74, 6) is 0.800. The van der Waals surface area contributed by atoms with Gasteiger partial charge in [-0.1, -0.05) is 68.7 Å². The second-order valence-electron chi connectivity index (χ2n) is 12.2. The first-order chi connectivity index (χ1) is 21.5. The average Bonchev–Trinajstić information content (AvgIpc) is 3.68. The molecule has 3 heterocycles. The van der Waals surface area contributed by atoms with Gasteiger partial charge in [-0.3, -0.25) is 9.59 Å². The summed E-state index contributed by atoms with van der Waals surface area (Å²) in [4.78, 5) is 34.6. The van der Waals surface area contributed by atoms with Gasteiger partial charge in [0, 0.05) is 70.9 Å². The van der Waals surface area contributed by atoms with Crippen LogP contribution in [-0.4, -0.2) is 76.1 Å². The Hall–Kier alpha value is -3.91. The summed E-state index contributed by atoms with van der Waals surface area (Å²) in [5.41, 5.74) is 3.75. The van der Waals surface area contributed by atoms with Gasteiger partial charge in [0.05, 0.1) is 30.7 Å². The molecule has 0 atom stereocenters. The summed E-state index contributed by atoms with van der Waals surface area (Å²) in [6.45, 7) is 6.38. The van der Waals surface area contributed by atoms with Gasteiger partial charge in [0.1, 0.15) is 0 Å². The van der Waals surface area contributed by atoms with Crippen molar-refractivity contribution in [2.75, 3.05) is 40.4 Å². The summed E-state index contributed by atoms with van der Waals surface area (Å²) in [6.07, 6.45) is 15.2. The van der Waals surface area contributed by atoms with Crippen molar-refractivity contribution in [2.45, 2.75) is 65.0 Å². The molecule has 1 fully saturated rings. The molecule has 4 aromatic rings. The van der Waals surface area contributed by atoms with E-state index < -0.39 is 0 Å². The highest BCUT2D eigenvalue weighted by molar-refractivity contribution is 6.06. The number of benzene rings is 2. The third-order valence-corrected chi connectivity index (χ3v) is 8.98. The topological polar surface area (TPSA) is 72.6 Å². The zero-order valence-electron chi connectivity index (χ0n) is 26.6. The first kappa shape index (κ1) is 31.5. The highest BCUT2D eigenvalue weighted by Gasteiger charge is 2.24. The van der Waals surface area contributed by atoms with Gasteiger partial charge < -0.3 is 23.7 Å². The number of imidazole rings is 1. The van der Waals surface area contributed by atoms with Gasteiger partial charge in [0.2, 0.25) is 5.91 Å². The van der Waals surface area contributed by atoms with Gasteiger partial charge in [0.25, 0.3) is 5.91 Å². The number of nitrogens with zero attached hydrogens (tertiary/aromatic N) is 5. The minimum Gasteiger partial charge on any atom is -0.383 e. The molecule has 2 aromatic carbocycles. The molecule has 1 saturated heterocycles. The van der Waals surface area contributed by atoms with Crippen LogP contribution in [0.1, 0.15) is 67.9 Å². The third-order valence-electron chi connectivity index (χ3n) is 8.98. The molecule has 0 N–H and O–H groups in total. The van der Waals surface area contributed by atoms with Crippen molar-refractivity contribution in [2.24, 2.45) is 5.92 Å². The van der Waals surface area contributed by atoms with Gasteiger partial charge >= 0.3 is 0 Å². The smallest absolute Gasteiger partial charge is 0.255 e. The lowest BCUT2D eigenvalue weighted by Crippen LogP contribution is -2.39. The number of fused-ring (bicyclic) bond motifs is 1. The monoisotopic (exact) mass is 597 g/mol. The number of unbranched alkanes of at least 4 members (excludes halogenated alkanes) is 3. The third kappa shape index (κ3) is 7.59. The lowest BCUT2D eigenvalue weighted by molar-refractivity contribution is -0.132. The van der Waals surface area contributed by atoms with Crippen LogP contribution in [0.15, 0.2) is 67.4 Å². The number of carbonyl (C=O) groups is 2. The molecule has 0 radical (unpaired) electrons. The van der Waals surface area contributed by atoms with E-state index in [0.29, 0.717) is 43.5 Å². The molecular formula is C36H47N5O3. The van der Waals surface area contributed by atoms with E-state index in [-0.39, 0.29) is 5.91 Å². The van der Waals surface area contributed by atoms with E-state index in [0.717, 1.165) is 72.9 Å². The molecule has 0 saturated carbocycles. The predicted octanol–water partition coefficient (Wildman–Crippen LogP) is 6.48. The highest BCUT2D eigenvalue weighted by atomic mass is 16.5. The molecule has 0 spiro atoms. The van der Waals surface area contributed by atoms with Gasteiger partial charge in [0.15, 0.2) is 0 Å². The van der Waals surface area contributed by atoms with Gasteiger partial charge in [-0.25, -0.2) is 4.98 Å². The number of likely N-dealkylation sites (tertiary alicyclic amines) is 1. The molecule has 0 unspecified atom stereocenters. The van der Waals surface area contributed by atoms with Crippen molar-refractivity contribution in [3.8, 4) is 11.1 Å². The second kappa shape index (κ2) is 15.2. The number of rotatable bonds is 14. The highest BCUT2D eigenvalue weighted by Crippen LogP contribution is 2.33. The first-order valence-corrected chi connectivity index (χ1v) is 16.2. The van der Waals surface area contributed by atoms with E-state index in [9.17, 15) is 9.59 Å². The fourth-order valence-electron chi connectivity index (χ4n) is 6.32. The van der Waals surface area contributed by atoms with Crippen molar-refractivity contribution >= 4 is 22.6 Å². The maximum Gasteiger partial charge on any atom is 0.255 e. The number of piperidine rings is 1. The Bertz CT molecular complexity index is 1530. The van der Waals surface area contributed by atoms with Crippen LogP contribution >= 0.6 is 0 Å². The van der Waals surface area contributed by atoms with Gasteiger partial charge in [-0.15, -0.1) is 0 Å². The second-order valence-corrected chi connectivity index (χ2v) is 12.2. The number of amides is 2.